The third kappa shape index (κ3) is 3.32. The van der Waals surface area contributed by atoms with Gasteiger partial charge in [0.15, 0.2) is 5.82 Å². The summed E-state index contributed by atoms with van der Waals surface area (Å²) in [5.74, 6) is 2.79. The van der Waals surface area contributed by atoms with Crippen LogP contribution in [0.1, 0.15) is 55.9 Å². The summed E-state index contributed by atoms with van der Waals surface area (Å²) in [6.45, 7) is 7.26. The zero-order valence-electron chi connectivity index (χ0n) is 13.1. The average Bonchev–Trinajstić information content (AvgIpc) is 3.08. The molecule has 6 nitrogen and oxygen atoms in total. The van der Waals surface area contributed by atoms with Gasteiger partial charge in [0.2, 0.25) is 0 Å². The molecule has 0 bridgehead atoms. The molecule has 6 heteroatoms. The molecule has 0 amide bonds. The second kappa shape index (κ2) is 5.97. The summed E-state index contributed by atoms with van der Waals surface area (Å²) in [7, 11) is 1.98. The Labute approximate surface area is 125 Å². The van der Waals surface area contributed by atoms with E-state index in [1.54, 1.807) is 0 Å². The molecule has 0 radical (unpaired) electrons. The minimum atomic E-state index is 0.373. The van der Waals surface area contributed by atoms with Gasteiger partial charge in [0, 0.05) is 31.6 Å². The Morgan fingerprint density at radius 2 is 2.29 bits per heavy atom. The van der Waals surface area contributed by atoms with Crippen LogP contribution in [0.2, 0.25) is 0 Å². The molecule has 3 heterocycles. The Bertz CT molecular complexity index is 585. The first-order valence-electron chi connectivity index (χ1n) is 7.75. The van der Waals surface area contributed by atoms with Gasteiger partial charge in [-0.3, -0.25) is 14.7 Å². The van der Waals surface area contributed by atoms with Crippen molar-refractivity contribution in [2.45, 2.75) is 45.1 Å². The summed E-state index contributed by atoms with van der Waals surface area (Å²) < 4.78 is 1.89. The summed E-state index contributed by atoms with van der Waals surface area (Å²) in [5, 5.41) is 11.9. The van der Waals surface area contributed by atoms with Crippen LogP contribution in [0.15, 0.2) is 12.3 Å². The molecular weight excluding hydrogens is 264 g/mol. The van der Waals surface area contributed by atoms with E-state index in [9.17, 15) is 0 Å². The summed E-state index contributed by atoms with van der Waals surface area (Å²) in [4.78, 5) is 7.03. The number of piperidine rings is 1. The van der Waals surface area contributed by atoms with Crippen LogP contribution in [0.25, 0.3) is 0 Å². The van der Waals surface area contributed by atoms with Crippen molar-refractivity contribution in [2.75, 3.05) is 13.1 Å². The number of H-pyrrole nitrogens is 1. The van der Waals surface area contributed by atoms with Gasteiger partial charge < -0.3 is 0 Å². The fourth-order valence-electron chi connectivity index (χ4n) is 2.94. The lowest BCUT2D eigenvalue weighted by Gasteiger charge is -2.31. The molecule has 1 saturated heterocycles. The van der Waals surface area contributed by atoms with Crippen molar-refractivity contribution in [1.82, 2.24) is 29.9 Å². The van der Waals surface area contributed by atoms with E-state index in [0.717, 1.165) is 31.3 Å². The Morgan fingerprint density at radius 1 is 1.43 bits per heavy atom. The first kappa shape index (κ1) is 14.3. The molecule has 1 aliphatic rings. The van der Waals surface area contributed by atoms with Crippen molar-refractivity contribution < 1.29 is 0 Å². The Hall–Kier alpha value is -1.69. The summed E-state index contributed by atoms with van der Waals surface area (Å²) >= 11 is 0. The van der Waals surface area contributed by atoms with Crippen LogP contribution in [-0.2, 0) is 13.6 Å². The molecule has 0 spiro atoms. The van der Waals surface area contributed by atoms with Gasteiger partial charge in [-0.25, -0.2) is 4.98 Å². The second-order valence-corrected chi connectivity index (χ2v) is 6.28. The number of likely N-dealkylation sites (tertiary alicyclic amines) is 1. The molecule has 2 aromatic heterocycles. The minimum Gasteiger partial charge on any atom is -0.295 e. The van der Waals surface area contributed by atoms with Crippen molar-refractivity contribution in [3.05, 3.63) is 29.6 Å². The van der Waals surface area contributed by atoms with Crippen LogP contribution >= 0.6 is 0 Å². The molecule has 0 aromatic carbocycles. The molecule has 1 atom stereocenters. The molecule has 21 heavy (non-hydrogen) atoms. The number of nitrogens with zero attached hydrogens (tertiary/aromatic N) is 5. The topological polar surface area (TPSA) is 62.6 Å². The van der Waals surface area contributed by atoms with Gasteiger partial charge in [0.05, 0.1) is 12.2 Å². The van der Waals surface area contributed by atoms with Crippen LogP contribution in [0.5, 0.6) is 0 Å². The predicted octanol–water partition coefficient (Wildman–Crippen LogP) is 2.04. The van der Waals surface area contributed by atoms with Crippen LogP contribution in [0.3, 0.4) is 0 Å². The number of hydrogen-bond acceptors (Lipinski definition) is 4. The van der Waals surface area contributed by atoms with Gasteiger partial charge in [0.1, 0.15) is 5.82 Å². The zero-order valence-corrected chi connectivity index (χ0v) is 13.1. The molecule has 0 aliphatic carbocycles. The number of aromatic amines is 1. The van der Waals surface area contributed by atoms with Gasteiger partial charge in [-0.1, -0.05) is 13.8 Å². The van der Waals surface area contributed by atoms with Gasteiger partial charge >= 0.3 is 0 Å². The van der Waals surface area contributed by atoms with E-state index in [1.165, 1.54) is 18.5 Å². The molecule has 3 rings (SSSR count). The summed E-state index contributed by atoms with van der Waals surface area (Å²) in [5.41, 5.74) is 1.21. The lowest BCUT2D eigenvalue weighted by molar-refractivity contribution is 0.194. The molecule has 0 saturated carbocycles. The SMILES string of the molecule is CC(C)c1n[nH]c(CN2CCCC(c3ccn(C)n3)C2)n1. The monoisotopic (exact) mass is 288 g/mol. The van der Waals surface area contributed by atoms with Gasteiger partial charge in [-0.2, -0.15) is 10.2 Å². The quantitative estimate of drug-likeness (QED) is 0.935. The highest BCUT2D eigenvalue weighted by Crippen LogP contribution is 2.26. The second-order valence-electron chi connectivity index (χ2n) is 6.28. The highest BCUT2D eigenvalue weighted by atomic mass is 15.3. The summed E-state index contributed by atoms with van der Waals surface area (Å²) in [6, 6.07) is 2.14. The third-order valence-corrected chi connectivity index (χ3v) is 4.10. The highest BCUT2D eigenvalue weighted by molar-refractivity contribution is 5.08. The van der Waals surface area contributed by atoms with E-state index < -0.39 is 0 Å². The molecule has 1 aliphatic heterocycles. The first-order chi connectivity index (χ1) is 10.1. The number of aromatic nitrogens is 5. The molecule has 114 valence electrons. The van der Waals surface area contributed by atoms with E-state index in [1.807, 2.05) is 17.9 Å². The molecule has 1 N–H and O–H groups in total. The van der Waals surface area contributed by atoms with Crippen molar-refractivity contribution in [3.63, 3.8) is 0 Å². The van der Waals surface area contributed by atoms with Crippen molar-refractivity contribution in [1.29, 1.82) is 0 Å². The number of rotatable bonds is 4. The van der Waals surface area contributed by atoms with E-state index in [-0.39, 0.29) is 0 Å². The Kier molecular flexibility index (Phi) is 4.05. The molecular formula is C15H24N6. The molecule has 1 fully saturated rings. The minimum absolute atomic E-state index is 0.373. The normalized spacial score (nSPS) is 20.3. The van der Waals surface area contributed by atoms with Crippen LogP contribution in [0, 0.1) is 0 Å². The molecule has 2 aromatic rings. The third-order valence-electron chi connectivity index (χ3n) is 4.10. The predicted molar refractivity (Wildman–Crippen MR) is 80.9 cm³/mol. The van der Waals surface area contributed by atoms with Crippen LogP contribution in [-0.4, -0.2) is 43.0 Å². The number of hydrogen-bond donors (Lipinski definition) is 1. The largest absolute Gasteiger partial charge is 0.295 e. The average molecular weight is 288 g/mol. The van der Waals surface area contributed by atoms with E-state index in [0.29, 0.717) is 11.8 Å². The van der Waals surface area contributed by atoms with Gasteiger partial charge in [-0.05, 0) is 25.5 Å². The Morgan fingerprint density at radius 3 is 2.95 bits per heavy atom. The summed E-state index contributed by atoms with van der Waals surface area (Å²) in [6.07, 6.45) is 4.47. The Balaban J connectivity index is 1.63. The number of aryl methyl sites for hydroxylation is 1. The maximum atomic E-state index is 4.58. The maximum absolute atomic E-state index is 4.58. The number of nitrogens with one attached hydrogen (secondary N) is 1. The van der Waals surface area contributed by atoms with Crippen LogP contribution in [0.4, 0.5) is 0 Å². The fraction of sp³-hybridized carbons (Fsp3) is 0.667. The first-order valence-corrected chi connectivity index (χ1v) is 7.75. The van der Waals surface area contributed by atoms with E-state index in [4.69, 9.17) is 0 Å². The van der Waals surface area contributed by atoms with Crippen molar-refractivity contribution >= 4 is 0 Å². The van der Waals surface area contributed by atoms with Crippen molar-refractivity contribution in [3.8, 4) is 0 Å². The highest BCUT2D eigenvalue weighted by Gasteiger charge is 2.23. The molecule has 1 unspecified atom stereocenters. The lowest BCUT2D eigenvalue weighted by Crippen LogP contribution is -2.34. The lowest BCUT2D eigenvalue weighted by atomic mass is 9.95. The smallest absolute Gasteiger partial charge is 0.153 e. The van der Waals surface area contributed by atoms with Gasteiger partial charge in [-0.15, -0.1) is 0 Å². The fourth-order valence-corrected chi connectivity index (χ4v) is 2.94. The van der Waals surface area contributed by atoms with E-state index in [2.05, 4.69) is 45.1 Å². The van der Waals surface area contributed by atoms with Crippen molar-refractivity contribution in [2.24, 2.45) is 7.05 Å². The van der Waals surface area contributed by atoms with E-state index >= 15 is 0 Å². The zero-order chi connectivity index (χ0) is 14.8. The standard InChI is InChI=1S/C15H24N6/c1-11(2)15-16-14(17-18-15)10-21-7-4-5-12(9-21)13-6-8-20(3)19-13/h6,8,11-12H,4-5,7,9-10H2,1-3H3,(H,16,17,18). The van der Waals surface area contributed by atoms with Crippen LogP contribution < -0.4 is 0 Å². The van der Waals surface area contributed by atoms with Gasteiger partial charge in [0.25, 0.3) is 0 Å². The maximum Gasteiger partial charge on any atom is 0.153 e.